The van der Waals surface area contributed by atoms with Crippen LogP contribution < -0.4 is 11.3 Å². The molecule has 0 heterocycles. The summed E-state index contributed by atoms with van der Waals surface area (Å²) in [6, 6.07) is 15.1. The van der Waals surface area contributed by atoms with E-state index in [2.05, 4.69) is 68.7 Å². The molecule has 2 nitrogen and oxygen atoms in total. The molecule has 0 saturated carbocycles. The van der Waals surface area contributed by atoms with Crippen LogP contribution in [0, 0.1) is 20.8 Å². The van der Waals surface area contributed by atoms with E-state index in [1.807, 2.05) is 0 Å². The summed E-state index contributed by atoms with van der Waals surface area (Å²) < 4.78 is 0. The van der Waals surface area contributed by atoms with Gasteiger partial charge in [0.1, 0.15) is 0 Å². The zero-order valence-electron chi connectivity index (χ0n) is 11.9. The molecule has 0 radical (unpaired) electrons. The number of hydrogen-bond acceptors (Lipinski definition) is 2. The Bertz CT molecular complexity index is 541. The van der Waals surface area contributed by atoms with E-state index in [1.165, 1.54) is 27.8 Å². The van der Waals surface area contributed by atoms with Gasteiger partial charge in [0.2, 0.25) is 0 Å². The topological polar surface area (TPSA) is 38.0 Å². The number of benzene rings is 2. The molecule has 1 unspecified atom stereocenters. The largest absolute Gasteiger partial charge is 0.271 e. The van der Waals surface area contributed by atoms with Crippen LogP contribution in [0.2, 0.25) is 0 Å². The van der Waals surface area contributed by atoms with E-state index < -0.39 is 0 Å². The van der Waals surface area contributed by atoms with Crippen molar-refractivity contribution in [2.75, 3.05) is 0 Å². The summed E-state index contributed by atoms with van der Waals surface area (Å²) >= 11 is 0. The molecular formula is C17H22N2. The first-order valence-electron chi connectivity index (χ1n) is 6.69. The van der Waals surface area contributed by atoms with Crippen molar-refractivity contribution in [2.24, 2.45) is 5.84 Å². The first kappa shape index (κ1) is 13.8. The lowest BCUT2D eigenvalue weighted by atomic mass is 9.92. The molecule has 1 atom stereocenters. The van der Waals surface area contributed by atoms with Gasteiger partial charge in [-0.15, -0.1) is 0 Å². The summed E-state index contributed by atoms with van der Waals surface area (Å²) in [5.74, 6) is 5.78. The predicted octanol–water partition coefficient (Wildman–Crippen LogP) is 3.36. The van der Waals surface area contributed by atoms with Gasteiger partial charge in [-0.05, 0) is 49.4 Å². The second kappa shape index (κ2) is 6.00. The van der Waals surface area contributed by atoms with Crippen molar-refractivity contribution < 1.29 is 0 Å². The molecule has 100 valence electrons. The van der Waals surface area contributed by atoms with Crippen LogP contribution in [0.5, 0.6) is 0 Å². The van der Waals surface area contributed by atoms with Gasteiger partial charge in [0.25, 0.3) is 0 Å². The van der Waals surface area contributed by atoms with Crippen molar-refractivity contribution in [3.8, 4) is 0 Å². The van der Waals surface area contributed by atoms with Crippen LogP contribution in [0.1, 0.15) is 33.9 Å². The first-order chi connectivity index (χ1) is 9.11. The molecule has 0 amide bonds. The van der Waals surface area contributed by atoms with E-state index in [9.17, 15) is 0 Å². The van der Waals surface area contributed by atoms with Crippen LogP contribution in [-0.2, 0) is 6.42 Å². The van der Waals surface area contributed by atoms with Crippen molar-refractivity contribution in [1.29, 1.82) is 0 Å². The SMILES string of the molecule is Cc1cccc(CC(NN)c2c(C)cccc2C)c1. The van der Waals surface area contributed by atoms with Gasteiger partial charge in [-0.1, -0.05) is 48.0 Å². The molecule has 0 aliphatic heterocycles. The number of aryl methyl sites for hydroxylation is 3. The molecule has 2 aromatic carbocycles. The van der Waals surface area contributed by atoms with Crippen molar-refractivity contribution >= 4 is 0 Å². The van der Waals surface area contributed by atoms with E-state index in [-0.39, 0.29) is 6.04 Å². The molecule has 2 aromatic rings. The highest BCUT2D eigenvalue weighted by Crippen LogP contribution is 2.24. The first-order valence-corrected chi connectivity index (χ1v) is 6.69. The Kier molecular flexibility index (Phi) is 4.35. The Labute approximate surface area is 115 Å². The standard InChI is InChI=1S/C17H22N2/c1-12-6-4-9-15(10-12)11-16(19-18)17-13(2)7-5-8-14(17)3/h4-10,16,19H,11,18H2,1-3H3. The minimum absolute atomic E-state index is 0.156. The molecular weight excluding hydrogens is 232 g/mol. The summed E-state index contributed by atoms with van der Waals surface area (Å²) in [5, 5.41) is 0. The molecule has 2 heteroatoms. The highest BCUT2D eigenvalue weighted by Gasteiger charge is 2.15. The highest BCUT2D eigenvalue weighted by atomic mass is 15.2. The lowest BCUT2D eigenvalue weighted by Gasteiger charge is -2.21. The number of hydrazine groups is 1. The lowest BCUT2D eigenvalue weighted by Crippen LogP contribution is -2.30. The Morgan fingerprint density at radius 1 is 1.00 bits per heavy atom. The minimum Gasteiger partial charge on any atom is -0.271 e. The molecule has 0 aliphatic carbocycles. The average Bonchev–Trinajstić information content (AvgIpc) is 2.37. The fourth-order valence-electron chi connectivity index (χ4n) is 2.70. The van der Waals surface area contributed by atoms with Crippen LogP contribution in [0.25, 0.3) is 0 Å². The molecule has 0 aromatic heterocycles. The summed E-state index contributed by atoms with van der Waals surface area (Å²) in [6.45, 7) is 6.40. The molecule has 0 saturated heterocycles. The van der Waals surface area contributed by atoms with Crippen LogP contribution in [0.15, 0.2) is 42.5 Å². The van der Waals surface area contributed by atoms with Gasteiger partial charge in [0.15, 0.2) is 0 Å². The average molecular weight is 254 g/mol. The fourth-order valence-corrected chi connectivity index (χ4v) is 2.70. The van der Waals surface area contributed by atoms with Gasteiger partial charge in [0.05, 0.1) is 6.04 Å². The second-order valence-electron chi connectivity index (χ2n) is 5.22. The summed E-state index contributed by atoms with van der Waals surface area (Å²) in [4.78, 5) is 0. The normalized spacial score (nSPS) is 12.4. The molecule has 3 N–H and O–H groups in total. The maximum atomic E-state index is 5.78. The molecule has 0 bridgehead atoms. The van der Waals surface area contributed by atoms with Gasteiger partial charge >= 0.3 is 0 Å². The van der Waals surface area contributed by atoms with E-state index in [4.69, 9.17) is 5.84 Å². The Hall–Kier alpha value is -1.64. The van der Waals surface area contributed by atoms with E-state index >= 15 is 0 Å². The van der Waals surface area contributed by atoms with Crippen LogP contribution in [-0.4, -0.2) is 0 Å². The molecule has 0 fully saturated rings. The Morgan fingerprint density at radius 2 is 1.63 bits per heavy atom. The Morgan fingerprint density at radius 3 is 2.21 bits per heavy atom. The van der Waals surface area contributed by atoms with Crippen molar-refractivity contribution in [2.45, 2.75) is 33.2 Å². The van der Waals surface area contributed by atoms with E-state index in [1.54, 1.807) is 0 Å². The number of nitrogens with one attached hydrogen (secondary N) is 1. The molecule has 0 aliphatic rings. The smallest absolute Gasteiger partial charge is 0.0505 e. The van der Waals surface area contributed by atoms with Gasteiger partial charge in [-0.2, -0.15) is 0 Å². The molecule has 2 rings (SSSR count). The third-order valence-corrected chi connectivity index (χ3v) is 3.61. The zero-order valence-corrected chi connectivity index (χ0v) is 11.9. The van der Waals surface area contributed by atoms with Crippen LogP contribution >= 0.6 is 0 Å². The van der Waals surface area contributed by atoms with Gasteiger partial charge in [0, 0.05) is 0 Å². The summed E-state index contributed by atoms with van der Waals surface area (Å²) in [5.41, 5.74) is 9.45. The van der Waals surface area contributed by atoms with Gasteiger partial charge in [-0.3, -0.25) is 11.3 Å². The quantitative estimate of drug-likeness (QED) is 0.648. The van der Waals surface area contributed by atoms with E-state index in [0.717, 1.165) is 6.42 Å². The zero-order chi connectivity index (χ0) is 13.8. The predicted molar refractivity (Wildman–Crippen MR) is 80.9 cm³/mol. The fraction of sp³-hybridized carbons (Fsp3) is 0.294. The third-order valence-electron chi connectivity index (χ3n) is 3.61. The van der Waals surface area contributed by atoms with Gasteiger partial charge < -0.3 is 0 Å². The minimum atomic E-state index is 0.156. The van der Waals surface area contributed by atoms with Crippen LogP contribution in [0.3, 0.4) is 0 Å². The van der Waals surface area contributed by atoms with E-state index in [0.29, 0.717) is 0 Å². The van der Waals surface area contributed by atoms with Crippen molar-refractivity contribution in [3.05, 3.63) is 70.3 Å². The highest BCUT2D eigenvalue weighted by molar-refractivity contribution is 5.37. The van der Waals surface area contributed by atoms with Crippen molar-refractivity contribution in [3.63, 3.8) is 0 Å². The molecule has 19 heavy (non-hydrogen) atoms. The molecule has 0 spiro atoms. The summed E-state index contributed by atoms with van der Waals surface area (Å²) in [7, 11) is 0. The van der Waals surface area contributed by atoms with Crippen molar-refractivity contribution in [1.82, 2.24) is 5.43 Å². The summed E-state index contributed by atoms with van der Waals surface area (Å²) in [6.07, 6.45) is 0.907. The van der Waals surface area contributed by atoms with Crippen LogP contribution in [0.4, 0.5) is 0 Å². The second-order valence-corrected chi connectivity index (χ2v) is 5.22. The Balaban J connectivity index is 2.30. The lowest BCUT2D eigenvalue weighted by molar-refractivity contribution is 0.546. The maximum Gasteiger partial charge on any atom is 0.0505 e. The number of rotatable bonds is 4. The van der Waals surface area contributed by atoms with Gasteiger partial charge in [-0.25, -0.2) is 0 Å². The monoisotopic (exact) mass is 254 g/mol. The maximum absolute atomic E-state index is 5.78. The number of nitrogens with two attached hydrogens (primary N) is 1. The third kappa shape index (κ3) is 3.22. The number of hydrogen-bond donors (Lipinski definition) is 2.